The molecule has 15 heavy (non-hydrogen) atoms. The average Bonchev–Trinajstić information content (AvgIpc) is 2.22. The maximum absolute atomic E-state index is 11.4. The van der Waals surface area contributed by atoms with Crippen LogP contribution in [0, 0.1) is 0 Å². The number of unbranched alkanes of at least 4 members (excludes halogenated alkanes) is 1. The molecule has 0 aliphatic rings. The summed E-state index contributed by atoms with van der Waals surface area (Å²) in [6.45, 7) is 1.47. The van der Waals surface area contributed by atoms with Crippen LogP contribution in [0.25, 0.3) is 0 Å². The van der Waals surface area contributed by atoms with Crippen molar-refractivity contribution in [1.82, 2.24) is 10.2 Å². The molecule has 0 heterocycles. The summed E-state index contributed by atoms with van der Waals surface area (Å²) in [5, 5.41) is 11.8. The van der Waals surface area contributed by atoms with Crippen molar-refractivity contribution in [2.75, 3.05) is 33.8 Å². The van der Waals surface area contributed by atoms with E-state index in [2.05, 4.69) is 5.32 Å². The van der Waals surface area contributed by atoms with Gasteiger partial charge in [-0.05, 0) is 19.4 Å². The lowest BCUT2D eigenvalue weighted by molar-refractivity contribution is -0.129. The van der Waals surface area contributed by atoms with E-state index >= 15 is 0 Å². The maximum Gasteiger partial charge on any atom is 0.223 e. The highest BCUT2D eigenvalue weighted by Crippen LogP contribution is 1.95. The van der Waals surface area contributed by atoms with Crippen molar-refractivity contribution in [1.29, 1.82) is 0 Å². The van der Waals surface area contributed by atoms with Gasteiger partial charge in [-0.2, -0.15) is 0 Å². The molecule has 0 aromatic heterocycles. The molecular formula is C10H23N3O2. The maximum atomic E-state index is 11.4. The van der Waals surface area contributed by atoms with Gasteiger partial charge in [0.2, 0.25) is 5.91 Å². The highest BCUT2D eigenvalue weighted by molar-refractivity contribution is 5.76. The Morgan fingerprint density at radius 1 is 1.47 bits per heavy atom. The van der Waals surface area contributed by atoms with E-state index in [9.17, 15) is 4.79 Å². The number of nitrogens with one attached hydrogen (secondary N) is 1. The normalized spacial score (nSPS) is 12.5. The van der Waals surface area contributed by atoms with E-state index in [1.165, 1.54) is 0 Å². The molecule has 0 aromatic carbocycles. The van der Waals surface area contributed by atoms with Crippen LogP contribution in [-0.4, -0.2) is 55.7 Å². The fraction of sp³-hybridized carbons (Fsp3) is 0.900. The Bertz CT molecular complexity index is 174. The van der Waals surface area contributed by atoms with Gasteiger partial charge in [-0.1, -0.05) is 0 Å². The van der Waals surface area contributed by atoms with E-state index in [1.807, 2.05) is 0 Å². The van der Waals surface area contributed by atoms with Gasteiger partial charge in [-0.15, -0.1) is 0 Å². The minimum absolute atomic E-state index is 0.0404. The molecule has 0 bridgehead atoms. The van der Waals surface area contributed by atoms with E-state index in [4.69, 9.17) is 10.8 Å². The third-order valence-corrected chi connectivity index (χ3v) is 2.22. The summed E-state index contributed by atoms with van der Waals surface area (Å²) in [7, 11) is 3.48. The zero-order chi connectivity index (χ0) is 11.7. The summed E-state index contributed by atoms with van der Waals surface area (Å²) in [6.07, 6.45) is 2.12. The van der Waals surface area contributed by atoms with Crippen LogP contribution in [0.1, 0.15) is 19.3 Å². The van der Waals surface area contributed by atoms with Gasteiger partial charge in [0.15, 0.2) is 0 Å². The lowest BCUT2D eigenvalue weighted by Crippen LogP contribution is -2.40. The summed E-state index contributed by atoms with van der Waals surface area (Å²) in [5.74, 6) is 0.0834. The molecular weight excluding hydrogens is 194 g/mol. The van der Waals surface area contributed by atoms with Gasteiger partial charge in [0.1, 0.15) is 0 Å². The standard InChI is InChI=1S/C10H23N3O2/c1-13(2)10(15)7-9(8-11)12-5-3-4-6-14/h9,12,14H,3-8,11H2,1-2H3. The Hall–Kier alpha value is -0.650. The van der Waals surface area contributed by atoms with Crippen LogP contribution in [0.3, 0.4) is 0 Å². The van der Waals surface area contributed by atoms with Crippen LogP contribution in [0.2, 0.25) is 0 Å². The number of hydrogen-bond donors (Lipinski definition) is 3. The minimum atomic E-state index is 0.0404. The van der Waals surface area contributed by atoms with Gasteiger partial charge in [0, 0.05) is 39.7 Å². The molecule has 0 fully saturated rings. The SMILES string of the molecule is CN(C)C(=O)CC(CN)NCCCCO. The van der Waals surface area contributed by atoms with Crippen LogP contribution in [-0.2, 0) is 4.79 Å². The first-order chi connectivity index (χ1) is 7.11. The monoisotopic (exact) mass is 217 g/mol. The third-order valence-electron chi connectivity index (χ3n) is 2.22. The molecule has 0 saturated heterocycles. The van der Waals surface area contributed by atoms with Gasteiger partial charge in [0.05, 0.1) is 0 Å². The number of nitrogens with two attached hydrogens (primary N) is 1. The number of amides is 1. The van der Waals surface area contributed by atoms with Gasteiger partial charge < -0.3 is 21.1 Å². The molecule has 0 aliphatic heterocycles. The number of aliphatic hydroxyl groups is 1. The van der Waals surface area contributed by atoms with E-state index in [0.29, 0.717) is 13.0 Å². The highest BCUT2D eigenvalue weighted by atomic mass is 16.2. The summed E-state index contributed by atoms with van der Waals surface area (Å²) >= 11 is 0. The molecule has 1 unspecified atom stereocenters. The van der Waals surface area contributed by atoms with E-state index < -0.39 is 0 Å². The number of carbonyl (C=O) groups excluding carboxylic acids is 1. The number of hydrogen-bond acceptors (Lipinski definition) is 4. The quantitative estimate of drug-likeness (QED) is 0.463. The first kappa shape index (κ1) is 14.3. The van der Waals surface area contributed by atoms with Crippen LogP contribution in [0.5, 0.6) is 0 Å². The predicted octanol–water partition coefficient (Wildman–Crippen LogP) is -0.846. The molecule has 1 amide bonds. The third kappa shape index (κ3) is 7.30. The average molecular weight is 217 g/mol. The largest absolute Gasteiger partial charge is 0.396 e. The second-order valence-corrected chi connectivity index (χ2v) is 3.81. The fourth-order valence-corrected chi connectivity index (χ4v) is 1.18. The van der Waals surface area contributed by atoms with Crippen molar-refractivity contribution in [3.63, 3.8) is 0 Å². The molecule has 0 aromatic rings. The molecule has 5 heteroatoms. The molecule has 0 spiro atoms. The number of rotatable bonds is 8. The Balaban J connectivity index is 3.68. The first-order valence-electron chi connectivity index (χ1n) is 5.36. The molecule has 4 N–H and O–H groups in total. The number of aliphatic hydroxyl groups excluding tert-OH is 1. The van der Waals surface area contributed by atoms with Gasteiger partial charge in [0.25, 0.3) is 0 Å². The smallest absolute Gasteiger partial charge is 0.223 e. The van der Waals surface area contributed by atoms with Crippen LogP contribution in [0.15, 0.2) is 0 Å². The Labute approximate surface area is 91.6 Å². The number of carbonyl (C=O) groups is 1. The van der Waals surface area contributed by atoms with Gasteiger partial charge >= 0.3 is 0 Å². The summed E-state index contributed by atoms with van der Waals surface area (Å²) in [6, 6.07) is 0.0404. The van der Waals surface area contributed by atoms with Gasteiger partial charge in [-0.25, -0.2) is 0 Å². The second kappa shape index (κ2) is 8.64. The summed E-state index contributed by atoms with van der Waals surface area (Å²) in [4.78, 5) is 13.0. The summed E-state index contributed by atoms with van der Waals surface area (Å²) < 4.78 is 0. The number of nitrogens with zero attached hydrogens (tertiary/aromatic N) is 1. The van der Waals surface area contributed by atoms with E-state index in [-0.39, 0.29) is 18.6 Å². The van der Waals surface area contributed by atoms with Crippen molar-refractivity contribution in [3.05, 3.63) is 0 Å². The topological polar surface area (TPSA) is 78.6 Å². The zero-order valence-corrected chi connectivity index (χ0v) is 9.70. The molecule has 0 rings (SSSR count). The second-order valence-electron chi connectivity index (χ2n) is 3.81. The Kier molecular flexibility index (Phi) is 8.27. The summed E-state index contributed by atoms with van der Waals surface area (Å²) in [5.41, 5.74) is 5.55. The van der Waals surface area contributed by atoms with Crippen LogP contribution >= 0.6 is 0 Å². The minimum Gasteiger partial charge on any atom is -0.396 e. The lowest BCUT2D eigenvalue weighted by atomic mass is 10.2. The van der Waals surface area contributed by atoms with Gasteiger partial charge in [-0.3, -0.25) is 4.79 Å². The molecule has 1 atom stereocenters. The van der Waals surface area contributed by atoms with Crippen LogP contribution in [0.4, 0.5) is 0 Å². The Morgan fingerprint density at radius 2 is 2.13 bits per heavy atom. The van der Waals surface area contributed by atoms with Crippen molar-refractivity contribution >= 4 is 5.91 Å². The van der Waals surface area contributed by atoms with E-state index in [0.717, 1.165) is 19.4 Å². The molecule has 5 nitrogen and oxygen atoms in total. The van der Waals surface area contributed by atoms with E-state index in [1.54, 1.807) is 19.0 Å². The molecule has 0 aliphatic carbocycles. The van der Waals surface area contributed by atoms with Crippen molar-refractivity contribution in [2.24, 2.45) is 5.73 Å². The van der Waals surface area contributed by atoms with Crippen molar-refractivity contribution < 1.29 is 9.90 Å². The zero-order valence-electron chi connectivity index (χ0n) is 9.70. The highest BCUT2D eigenvalue weighted by Gasteiger charge is 2.12. The molecule has 0 saturated carbocycles. The molecule has 90 valence electrons. The fourth-order valence-electron chi connectivity index (χ4n) is 1.18. The molecule has 0 radical (unpaired) electrons. The Morgan fingerprint density at radius 3 is 2.60 bits per heavy atom. The van der Waals surface area contributed by atoms with Crippen molar-refractivity contribution in [3.8, 4) is 0 Å². The van der Waals surface area contributed by atoms with Crippen molar-refractivity contribution in [2.45, 2.75) is 25.3 Å². The predicted molar refractivity (Wildman–Crippen MR) is 60.5 cm³/mol. The van der Waals surface area contributed by atoms with Crippen LogP contribution < -0.4 is 11.1 Å². The lowest BCUT2D eigenvalue weighted by Gasteiger charge is -2.18. The first-order valence-corrected chi connectivity index (χ1v) is 5.36.